The maximum Gasteiger partial charge on any atom is 0.151 e. The molecule has 0 aliphatic heterocycles. The quantitative estimate of drug-likeness (QED) is 0.0892. The lowest BCUT2D eigenvalue weighted by atomic mass is 10.1. The molecule has 164 valence electrons. The van der Waals surface area contributed by atoms with Crippen LogP contribution < -0.4 is 0 Å². The van der Waals surface area contributed by atoms with Crippen molar-refractivity contribution < 1.29 is 0 Å². The Bertz CT molecular complexity index is 871. The van der Waals surface area contributed by atoms with Crippen LogP contribution >= 0.6 is 23.5 Å². The van der Waals surface area contributed by atoms with Gasteiger partial charge in [0.05, 0.1) is 12.2 Å². The van der Waals surface area contributed by atoms with Gasteiger partial charge in [0.2, 0.25) is 0 Å². The molecule has 1 aromatic carbocycles. The van der Waals surface area contributed by atoms with Gasteiger partial charge in [0, 0.05) is 16.9 Å². The molecule has 31 heavy (non-hydrogen) atoms. The molecule has 0 N–H and O–H groups in total. The molecular formula is C25H32N4S2. The number of aromatic nitrogens is 2. The van der Waals surface area contributed by atoms with Crippen LogP contribution in [0.4, 0.5) is 0 Å². The summed E-state index contributed by atoms with van der Waals surface area (Å²) in [5, 5.41) is 11.4. The molecule has 0 saturated carbocycles. The van der Waals surface area contributed by atoms with Gasteiger partial charge in [-0.1, -0.05) is 74.5 Å². The Labute approximate surface area is 196 Å². The minimum Gasteiger partial charge on any atom is -0.285 e. The van der Waals surface area contributed by atoms with Gasteiger partial charge in [-0.25, -0.2) is 9.97 Å². The molecule has 2 aromatic rings. The second-order valence-corrected chi connectivity index (χ2v) is 8.82. The van der Waals surface area contributed by atoms with Gasteiger partial charge in [-0.05, 0) is 31.6 Å². The molecule has 1 aromatic heterocycles. The number of aliphatic imine (C=N–C) groups is 1. The van der Waals surface area contributed by atoms with Crippen LogP contribution in [0.3, 0.4) is 0 Å². The van der Waals surface area contributed by atoms with Crippen LogP contribution in [0.25, 0.3) is 11.3 Å². The number of rotatable bonds is 11. The molecule has 4 nitrogen and oxygen atoms in total. The fraction of sp³-hybridized carbons (Fsp3) is 0.360. The Morgan fingerprint density at radius 3 is 2.55 bits per heavy atom. The summed E-state index contributed by atoms with van der Waals surface area (Å²) >= 11 is 3.49. The molecule has 0 aliphatic carbocycles. The minimum atomic E-state index is 0.395. The van der Waals surface area contributed by atoms with E-state index >= 15 is 0 Å². The summed E-state index contributed by atoms with van der Waals surface area (Å²) in [4.78, 5) is 13.6. The van der Waals surface area contributed by atoms with Crippen molar-refractivity contribution in [1.29, 1.82) is 5.26 Å². The van der Waals surface area contributed by atoms with E-state index in [1.807, 2.05) is 67.2 Å². The number of nitrogens with zero attached hydrogens (tertiary/aromatic N) is 4. The number of nitriles is 1. The van der Waals surface area contributed by atoms with E-state index in [1.54, 1.807) is 18.0 Å². The average molecular weight is 453 g/mol. The number of hydrogen-bond donors (Lipinski definition) is 0. The van der Waals surface area contributed by atoms with E-state index in [1.165, 1.54) is 12.8 Å². The highest BCUT2D eigenvalue weighted by atomic mass is 32.2. The third-order valence-corrected chi connectivity index (χ3v) is 6.19. The Morgan fingerprint density at radius 1 is 1.19 bits per heavy atom. The zero-order chi connectivity index (χ0) is 22.7. The predicted octanol–water partition coefficient (Wildman–Crippen LogP) is 7.33. The molecule has 0 aliphatic rings. The topological polar surface area (TPSA) is 61.9 Å². The SMILES string of the molecule is C/C=C\C=NCc1nc(SCSCCCC)c(C#N)c(-c2ccccc2)n1.C=CCC. The zero-order valence-electron chi connectivity index (χ0n) is 18.8. The van der Waals surface area contributed by atoms with Crippen LogP contribution in [0.1, 0.15) is 51.4 Å². The smallest absolute Gasteiger partial charge is 0.151 e. The van der Waals surface area contributed by atoms with Crippen LogP contribution in [0, 0.1) is 11.3 Å². The van der Waals surface area contributed by atoms with Crippen LogP contribution in [-0.2, 0) is 6.54 Å². The van der Waals surface area contributed by atoms with Crippen molar-refractivity contribution in [3.63, 3.8) is 0 Å². The van der Waals surface area contributed by atoms with Crippen LogP contribution in [-0.4, -0.2) is 27.0 Å². The summed E-state index contributed by atoms with van der Waals surface area (Å²) in [5.41, 5.74) is 2.16. The summed E-state index contributed by atoms with van der Waals surface area (Å²) in [6.45, 7) is 10.1. The lowest BCUT2D eigenvalue weighted by Crippen LogP contribution is -2.02. The second kappa shape index (κ2) is 17.3. The fourth-order valence-corrected chi connectivity index (χ4v) is 4.45. The summed E-state index contributed by atoms with van der Waals surface area (Å²) in [6.07, 6.45) is 10.9. The van der Waals surface area contributed by atoms with Gasteiger partial charge in [-0.3, -0.25) is 4.99 Å². The number of unbranched alkanes of at least 4 members (excludes halogenated alkanes) is 1. The lowest BCUT2D eigenvalue weighted by Gasteiger charge is -2.10. The first-order valence-corrected chi connectivity index (χ1v) is 12.6. The van der Waals surface area contributed by atoms with E-state index in [-0.39, 0.29) is 0 Å². The average Bonchev–Trinajstić information content (AvgIpc) is 2.82. The van der Waals surface area contributed by atoms with Crippen LogP contribution in [0.15, 0.2) is 65.2 Å². The summed E-state index contributed by atoms with van der Waals surface area (Å²) in [5.74, 6) is 1.76. The van der Waals surface area contributed by atoms with Gasteiger partial charge in [0.25, 0.3) is 0 Å². The van der Waals surface area contributed by atoms with Crippen molar-refractivity contribution in [1.82, 2.24) is 9.97 Å². The monoisotopic (exact) mass is 452 g/mol. The first-order chi connectivity index (χ1) is 15.2. The number of allylic oxidation sites excluding steroid dienone is 3. The van der Waals surface area contributed by atoms with E-state index < -0.39 is 0 Å². The minimum absolute atomic E-state index is 0.395. The van der Waals surface area contributed by atoms with E-state index in [4.69, 9.17) is 0 Å². The molecule has 0 unspecified atom stereocenters. The molecule has 0 radical (unpaired) electrons. The van der Waals surface area contributed by atoms with Gasteiger partial charge in [0.15, 0.2) is 5.82 Å². The van der Waals surface area contributed by atoms with Crippen molar-refractivity contribution in [3.8, 4) is 17.3 Å². The lowest BCUT2D eigenvalue weighted by molar-refractivity contribution is 0.868. The number of hydrogen-bond acceptors (Lipinski definition) is 6. The normalized spacial score (nSPS) is 10.6. The first-order valence-electron chi connectivity index (χ1n) is 10.5. The Morgan fingerprint density at radius 2 is 1.94 bits per heavy atom. The third-order valence-electron chi connectivity index (χ3n) is 3.91. The van der Waals surface area contributed by atoms with E-state index in [0.29, 0.717) is 23.6 Å². The molecule has 0 amide bonds. The predicted molar refractivity (Wildman–Crippen MR) is 138 cm³/mol. The summed E-state index contributed by atoms with van der Waals surface area (Å²) < 4.78 is 0. The van der Waals surface area contributed by atoms with Gasteiger partial charge < -0.3 is 0 Å². The molecule has 1 heterocycles. The van der Waals surface area contributed by atoms with E-state index in [2.05, 4.69) is 41.5 Å². The van der Waals surface area contributed by atoms with Crippen LogP contribution in [0.5, 0.6) is 0 Å². The highest BCUT2D eigenvalue weighted by Crippen LogP contribution is 2.31. The van der Waals surface area contributed by atoms with Crippen molar-refractivity contribution >= 4 is 29.7 Å². The van der Waals surface area contributed by atoms with Crippen molar-refractivity contribution in [3.05, 3.63) is 66.5 Å². The first kappa shape index (κ1) is 26.7. The molecule has 0 spiro atoms. The number of benzene rings is 1. The summed E-state index contributed by atoms with van der Waals surface area (Å²) in [7, 11) is 0. The van der Waals surface area contributed by atoms with Crippen molar-refractivity contribution in [2.45, 2.75) is 51.6 Å². The maximum atomic E-state index is 9.75. The maximum absolute atomic E-state index is 9.75. The van der Waals surface area contributed by atoms with Crippen molar-refractivity contribution in [2.24, 2.45) is 4.99 Å². The molecule has 0 fully saturated rings. The molecule has 0 saturated heterocycles. The molecule has 6 heteroatoms. The molecule has 0 atom stereocenters. The largest absolute Gasteiger partial charge is 0.285 e. The van der Waals surface area contributed by atoms with Gasteiger partial charge in [-0.2, -0.15) is 17.0 Å². The van der Waals surface area contributed by atoms with E-state index in [9.17, 15) is 5.26 Å². The van der Waals surface area contributed by atoms with E-state index in [0.717, 1.165) is 27.8 Å². The van der Waals surface area contributed by atoms with Gasteiger partial charge in [0.1, 0.15) is 16.7 Å². The molecular weight excluding hydrogens is 420 g/mol. The van der Waals surface area contributed by atoms with Crippen LogP contribution in [0.2, 0.25) is 0 Å². The molecule has 0 bridgehead atoms. The highest BCUT2D eigenvalue weighted by Gasteiger charge is 2.16. The second-order valence-electron chi connectivity index (χ2n) is 6.38. The standard InChI is InChI=1S/C21H24N4S2.C4H8/c1-3-5-12-23-15-19-24-20(17-10-8-7-9-11-17)18(14-22)21(25-19)27-16-26-13-6-4-2;1-3-4-2/h3,5,7-12H,4,6,13,15-16H2,1-2H3;3H,1,4H2,2H3/b5-3-,23-12?;. The van der Waals surface area contributed by atoms with Crippen molar-refractivity contribution in [2.75, 3.05) is 10.8 Å². The zero-order valence-corrected chi connectivity index (χ0v) is 20.4. The number of thioether (sulfide) groups is 2. The summed E-state index contributed by atoms with van der Waals surface area (Å²) in [6, 6.07) is 12.1. The Kier molecular flexibility index (Phi) is 14.9. The van der Waals surface area contributed by atoms with Gasteiger partial charge >= 0.3 is 0 Å². The third kappa shape index (κ3) is 10.5. The Hall–Kier alpha value is -2.36. The fourth-order valence-electron chi connectivity index (χ4n) is 2.25. The van der Waals surface area contributed by atoms with Gasteiger partial charge in [-0.15, -0.1) is 6.58 Å². The molecule has 2 rings (SSSR count). The Balaban J connectivity index is 0.00000110. The highest BCUT2D eigenvalue weighted by molar-refractivity contribution is 8.15.